The highest BCUT2D eigenvalue weighted by molar-refractivity contribution is 9.10. The molecule has 2 rings (SSSR count). The Morgan fingerprint density at radius 1 is 1.04 bits per heavy atom. The molecule has 0 saturated carbocycles. The molecule has 4 nitrogen and oxygen atoms in total. The van der Waals surface area contributed by atoms with E-state index in [9.17, 15) is 13.2 Å². The van der Waals surface area contributed by atoms with Crippen LogP contribution in [0, 0.1) is 0 Å². The Morgan fingerprint density at radius 3 is 2.04 bits per heavy atom. The smallest absolute Gasteiger partial charge is 0.254 e. The Kier molecular flexibility index (Phi) is 5.26. The second kappa shape index (κ2) is 6.84. The molecule has 0 saturated heterocycles. The van der Waals surface area contributed by atoms with Gasteiger partial charge in [-0.15, -0.1) is 0 Å². The van der Waals surface area contributed by atoms with Gasteiger partial charge in [0.2, 0.25) is 0 Å². The maximum atomic E-state index is 12.5. The molecular weight excluding hydrogens is 378 g/mol. The van der Waals surface area contributed by atoms with Crippen molar-refractivity contribution in [3.8, 4) is 0 Å². The summed E-state index contributed by atoms with van der Waals surface area (Å²) >= 11 is 3.35. The lowest BCUT2D eigenvalue weighted by atomic mass is 10.1. The van der Waals surface area contributed by atoms with Crippen LogP contribution in [0.15, 0.2) is 57.9 Å². The zero-order valence-electron chi connectivity index (χ0n) is 13.2. The summed E-state index contributed by atoms with van der Waals surface area (Å²) in [6.45, 7) is 1.91. The summed E-state index contributed by atoms with van der Waals surface area (Å²) in [7, 11) is -1.48. The minimum absolute atomic E-state index is 0.0859. The third-order valence-corrected chi connectivity index (χ3v) is 5.44. The molecule has 0 fully saturated rings. The van der Waals surface area contributed by atoms with Crippen LogP contribution < -0.4 is 0 Å². The van der Waals surface area contributed by atoms with Gasteiger partial charge >= 0.3 is 0 Å². The van der Waals surface area contributed by atoms with Crippen molar-refractivity contribution in [2.45, 2.75) is 17.9 Å². The SMILES string of the molecule is CC(c1ccc(S(C)(=O)=O)cc1)N(C)C(=O)c1ccc(Br)cc1. The van der Waals surface area contributed by atoms with Crippen LogP contribution in [-0.4, -0.2) is 32.5 Å². The largest absolute Gasteiger partial charge is 0.335 e. The van der Waals surface area contributed by atoms with E-state index in [1.165, 1.54) is 6.26 Å². The van der Waals surface area contributed by atoms with Gasteiger partial charge in [0.15, 0.2) is 9.84 Å². The Bertz CT molecular complexity index is 799. The van der Waals surface area contributed by atoms with Gasteiger partial charge in [0.1, 0.15) is 0 Å². The van der Waals surface area contributed by atoms with Crippen LogP contribution in [0.5, 0.6) is 0 Å². The number of nitrogens with zero attached hydrogens (tertiary/aromatic N) is 1. The van der Waals surface area contributed by atoms with Gasteiger partial charge in [-0.25, -0.2) is 8.42 Å². The van der Waals surface area contributed by atoms with Crippen LogP contribution in [0.4, 0.5) is 0 Å². The Morgan fingerprint density at radius 2 is 1.57 bits per heavy atom. The van der Waals surface area contributed by atoms with Crippen LogP contribution in [0.1, 0.15) is 28.9 Å². The number of halogens is 1. The minimum atomic E-state index is -3.21. The summed E-state index contributed by atoms with van der Waals surface area (Å²) in [5.74, 6) is -0.0859. The van der Waals surface area contributed by atoms with E-state index >= 15 is 0 Å². The lowest BCUT2D eigenvalue weighted by molar-refractivity contribution is 0.0742. The average Bonchev–Trinajstić information content (AvgIpc) is 2.53. The number of sulfone groups is 1. The molecule has 0 radical (unpaired) electrons. The van der Waals surface area contributed by atoms with Gasteiger partial charge in [0, 0.05) is 23.3 Å². The third-order valence-electron chi connectivity index (χ3n) is 3.78. The molecule has 0 aromatic heterocycles. The highest BCUT2D eigenvalue weighted by Crippen LogP contribution is 2.23. The standard InChI is InChI=1S/C17H18BrNO3S/c1-12(13-6-10-16(11-7-13)23(3,21)22)19(2)17(20)14-4-8-15(18)9-5-14/h4-12H,1-3H3. The fourth-order valence-corrected chi connectivity index (χ4v) is 3.08. The van der Waals surface area contributed by atoms with Crippen molar-refractivity contribution in [2.24, 2.45) is 0 Å². The van der Waals surface area contributed by atoms with Crippen LogP contribution in [0.25, 0.3) is 0 Å². The van der Waals surface area contributed by atoms with Crippen molar-refractivity contribution in [3.05, 3.63) is 64.1 Å². The van der Waals surface area contributed by atoms with Crippen molar-refractivity contribution in [1.29, 1.82) is 0 Å². The minimum Gasteiger partial charge on any atom is -0.335 e. The molecule has 0 aliphatic rings. The molecule has 0 N–H and O–H groups in total. The van der Waals surface area contributed by atoms with Crippen LogP contribution in [0.3, 0.4) is 0 Å². The first kappa shape index (κ1) is 17.7. The third kappa shape index (κ3) is 4.20. The first-order valence-electron chi connectivity index (χ1n) is 7.03. The van der Waals surface area contributed by atoms with Crippen molar-refractivity contribution < 1.29 is 13.2 Å². The predicted molar refractivity (Wildman–Crippen MR) is 94.2 cm³/mol. The molecule has 0 aliphatic heterocycles. The van der Waals surface area contributed by atoms with E-state index in [1.807, 2.05) is 19.1 Å². The number of hydrogen-bond acceptors (Lipinski definition) is 3. The first-order valence-corrected chi connectivity index (χ1v) is 9.71. The van der Waals surface area contributed by atoms with Gasteiger partial charge in [0.25, 0.3) is 5.91 Å². The van der Waals surface area contributed by atoms with Gasteiger partial charge in [-0.1, -0.05) is 28.1 Å². The molecule has 2 aromatic rings. The number of carbonyl (C=O) groups excluding carboxylic acids is 1. The van der Waals surface area contributed by atoms with Crippen molar-refractivity contribution in [3.63, 3.8) is 0 Å². The molecular formula is C17H18BrNO3S. The van der Waals surface area contributed by atoms with E-state index in [4.69, 9.17) is 0 Å². The highest BCUT2D eigenvalue weighted by Gasteiger charge is 2.19. The van der Waals surface area contributed by atoms with Crippen LogP contribution in [-0.2, 0) is 9.84 Å². The topological polar surface area (TPSA) is 54.5 Å². The zero-order valence-corrected chi connectivity index (χ0v) is 15.6. The van der Waals surface area contributed by atoms with Crippen LogP contribution in [0.2, 0.25) is 0 Å². The van der Waals surface area contributed by atoms with Gasteiger partial charge < -0.3 is 4.90 Å². The van der Waals surface area contributed by atoms with Gasteiger partial charge in [-0.05, 0) is 48.9 Å². The highest BCUT2D eigenvalue weighted by atomic mass is 79.9. The molecule has 1 amide bonds. The fraction of sp³-hybridized carbons (Fsp3) is 0.235. The monoisotopic (exact) mass is 395 g/mol. The van der Waals surface area contributed by atoms with Gasteiger partial charge in [-0.2, -0.15) is 0 Å². The summed E-state index contributed by atoms with van der Waals surface area (Å²) in [5, 5.41) is 0. The normalized spacial score (nSPS) is 12.7. The molecule has 2 aromatic carbocycles. The quantitative estimate of drug-likeness (QED) is 0.792. The molecule has 0 bridgehead atoms. The number of carbonyl (C=O) groups is 1. The molecule has 1 unspecified atom stereocenters. The van der Waals surface area contributed by atoms with Gasteiger partial charge in [-0.3, -0.25) is 4.79 Å². The van der Waals surface area contributed by atoms with Crippen molar-refractivity contribution in [2.75, 3.05) is 13.3 Å². The zero-order chi connectivity index (χ0) is 17.2. The molecule has 0 aliphatic carbocycles. The number of benzene rings is 2. The van der Waals surface area contributed by atoms with Crippen molar-refractivity contribution in [1.82, 2.24) is 4.90 Å². The maximum Gasteiger partial charge on any atom is 0.254 e. The lowest BCUT2D eigenvalue weighted by Gasteiger charge is -2.25. The summed E-state index contributed by atoms with van der Waals surface area (Å²) in [5.41, 5.74) is 1.49. The number of rotatable bonds is 4. The molecule has 122 valence electrons. The Labute approximate surface area is 145 Å². The predicted octanol–water partition coefficient (Wildman–Crippen LogP) is 3.69. The van der Waals surface area contributed by atoms with Crippen molar-refractivity contribution >= 4 is 31.7 Å². The Balaban J connectivity index is 2.20. The summed E-state index contributed by atoms with van der Waals surface area (Å²) in [6, 6.07) is 13.6. The molecule has 0 heterocycles. The second-order valence-electron chi connectivity index (χ2n) is 5.44. The summed E-state index contributed by atoms with van der Waals surface area (Å²) in [4.78, 5) is 14.4. The molecule has 23 heavy (non-hydrogen) atoms. The van der Waals surface area contributed by atoms with E-state index in [0.29, 0.717) is 5.56 Å². The van der Waals surface area contributed by atoms with E-state index in [-0.39, 0.29) is 16.8 Å². The fourth-order valence-electron chi connectivity index (χ4n) is 2.19. The molecule has 6 heteroatoms. The van der Waals surface area contributed by atoms with Crippen LogP contribution >= 0.6 is 15.9 Å². The van der Waals surface area contributed by atoms with E-state index in [2.05, 4.69) is 15.9 Å². The number of amides is 1. The lowest BCUT2D eigenvalue weighted by Crippen LogP contribution is -2.29. The van der Waals surface area contributed by atoms with Gasteiger partial charge in [0.05, 0.1) is 10.9 Å². The number of hydrogen-bond donors (Lipinski definition) is 0. The molecule has 0 spiro atoms. The summed E-state index contributed by atoms with van der Waals surface area (Å²) in [6.07, 6.45) is 1.18. The van der Waals surface area contributed by atoms with E-state index in [1.54, 1.807) is 48.3 Å². The maximum absolute atomic E-state index is 12.5. The summed E-state index contributed by atoms with van der Waals surface area (Å²) < 4.78 is 23.9. The Hall–Kier alpha value is -1.66. The first-order chi connectivity index (χ1) is 10.7. The van der Waals surface area contributed by atoms with E-state index in [0.717, 1.165) is 10.0 Å². The second-order valence-corrected chi connectivity index (χ2v) is 8.37. The van der Waals surface area contributed by atoms with E-state index < -0.39 is 9.84 Å². The molecule has 1 atom stereocenters. The average molecular weight is 396 g/mol.